The molecule has 0 unspecified atom stereocenters. The number of hydrogen-bond acceptors (Lipinski definition) is 6. The Hall–Kier alpha value is -0.690. The highest BCUT2D eigenvalue weighted by Crippen LogP contribution is 2.67. The fourth-order valence-corrected chi connectivity index (χ4v) is 10.8. The number of hydrogen-bond donors (Lipinski definition) is 2. The average Bonchev–Trinajstić information content (AvgIpc) is 3.17. The second kappa shape index (κ2) is 10.1. The van der Waals surface area contributed by atoms with Crippen LogP contribution in [0.15, 0.2) is 0 Å². The number of aliphatic hydroxyl groups excluding tert-OH is 2. The van der Waals surface area contributed by atoms with Gasteiger partial charge in [-0.3, -0.25) is 14.6 Å². The highest BCUT2D eigenvalue weighted by Gasteiger charge is 2.64. The van der Waals surface area contributed by atoms with Gasteiger partial charge in [0, 0.05) is 37.5 Å². The van der Waals surface area contributed by atoms with Crippen LogP contribution in [0.5, 0.6) is 0 Å². The van der Waals surface area contributed by atoms with Crippen molar-refractivity contribution >= 4 is 5.97 Å². The molecule has 6 nitrogen and oxygen atoms in total. The van der Waals surface area contributed by atoms with Gasteiger partial charge in [0.15, 0.2) is 0 Å². The Morgan fingerprint density at radius 2 is 1.51 bits per heavy atom. The van der Waals surface area contributed by atoms with Gasteiger partial charge in [0.05, 0.1) is 12.2 Å². The molecule has 2 aliphatic heterocycles. The maximum Gasteiger partial charge on any atom is 0.302 e. The van der Waals surface area contributed by atoms with Gasteiger partial charge in [0.25, 0.3) is 0 Å². The largest absolute Gasteiger partial charge is 0.460 e. The van der Waals surface area contributed by atoms with Crippen LogP contribution in [0, 0.1) is 34.5 Å². The van der Waals surface area contributed by atoms with Crippen molar-refractivity contribution < 1.29 is 19.7 Å². The van der Waals surface area contributed by atoms with E-state index in [1.807, 2.05) is 0 Å². The molecule has 6 rings (SSSR count). The zero-order valence-corrected chi connectivity index (χ0v) is 23.6. The highest BCUT2D eigenvalue weighted by molar-refractivity contribution is 5.66. The molecule has 0 aromatic carbocycles. The molecule has 0 amide bonds. The van der Waals surface area contributed by atoms with Gasteiger partial charge < -0.3 is 14.9 Å². The predicted molar refractivity (Wildman–Crippen MR) is 144 cm³/mol. The molecule has 0 bridgehead atoms. The number of carbonyl (C=O) groups is 1. The van der Waals surface area contributed by atoms with E-state index in [-0.39, 0.29) is 41.2 Å². The summed E-state index contributed by atoms with van der Waals surface area (Å²) in [6.07, 6.45) is 13.3. The quantitative estimate of drug-likeness (QED) is 0.547. The molecule has 10 atom stereocenters. The molecule has 0 aromatic heterocycles. The lowest BCUT2D eigenvalue weighted by Crippen LogP contribution is -2.60. The van der Waals surface area contributed by atoms with Crippen LogP contribution in [-0.2, 0) is 9.53 Å². The third-order valence-corrected chi connectivity index (χ3v) is 12.7. The van der Waals surface area contributed by atoms with E-state index in [2.05, 4.69) is 23.6 Å². The van der Waals surface area contributed by atoms with Crippen LogP contribution in [0.1, 0.15) is 97.8 Å². The van der Waals surface area contributed by atoms with Crippen molar-refractivity contribution in [3.05, 3.63) is 0 Å². The molecule has 2 saturated heterocycles. The van der Waals surface area contributed by atoms with E-state index in [1.165, 1.54) is 44.9 Å². The van der Waals surface area contributed by atoms with Gasteiger partial charge in [-0.1, -0.05) is 20.3 Å². The number of fused-ring (bicyclic) bond motifs is 5. The fourth-order valence-electron chi connectivity index (χ4n) is 10.8. The number of rotatable bonds is 3. The van der Waals surface area contributed by atoms with Gasteiger partial charge in [-0.05, 0) is 113 Å². The lowest BCUT2D eigenvalue weighted by Gasteiger charge is -2.62. The minimum Gasteiger partial charge on any atom is -0.460 e. The second-order valence-electron chi connectivity index (χ2n) is 14.5. The number of piperidine rings is 2. The Labute approximate surface area is 224 Å². The molecule has 0 aromatic rings. The first-order valence-corrected chi connectivity index (χ1v) is 15.7. The maximum absolute atomic E-state index is 12.3. The topological polar surface area (TPSA) is 73.2 Å². The van der Waals surface area contributed by atoms with Crippen LogP contribution in [0.2, 0.25) is 0 Å². The summed E-state index contributed by atoms with van der Waals surface area (Å²) in [5, 5.41) is 21.3. The molecule has 2 N–H and O–H groups in total. The van der Waals surface area contributed by atoms with Crippen molar-refractivity contribution in [1.82, 2.24) is 9.80 Å². The van der Waals surface area contributed by atoms with Gasteiger partial charge in [-0.2, -0.15) is 0 Å². The second-order valence-corrected chi connectivity index (χ2v) is 14.5. The molecule has 4 aliphatic carbocycles. The summed E-state index contributed by atoms with van der Waals surface area (Å²) in [6.45, 7) is 10.8. The summed E-state index contributed by atoms with van der Waals surface area (Å²) in [7, 11) is 0. The maximum atomic E-state index is 12.3. The summed E-state index contributed by atoms with van der Waals surface area (Å²) in [5.74, 6) is 2.53. The number of nitrogens with zero attached hydrogens (tertiary/aromatic N) is 2. The summed E-state index contributed by atoms with van der Waals surface area (Å²) >= 11 is 0. The zero-order valence-electron chi connectivity index (χ0n) is 23.6. The Morgan fingerprint density at radius 3 is 2.22 bits per heavy atom. The average molecular weight is 517 g/mol. The minimum atomic E-state index is -0.234. The highest BCUT2D eigenvalue weighted by atomic mass is 16.5. The molecule has 0 radical (unpaired) electrons. The molecule has 6 aliphatic rings. The first kappa shape index (κ1) is 26.5. The van der Waals surface area contributed by atoms with Crippen LogP contribution >= 0.6 is 0 Å². The summed E-state index contributed by atoms with van der Waals surface area (Å²) < 4.78 is 6.24. The van der Waals surface area contributed by atoms with Crippen molar-refractivity contribution in [3.63, 3.8) is 0 Å². The summed E-state index contributed by atoms with van der Waals surface area (Å²) in [5.41, 5.74) is 0.346. The van der Waals surface area contributed by atoms with E-state index in [0.717, 1.165) is 58.3 Å². The zero-order chi connectivity index (χ0) is 25.9. The molecule has 37 heavy (non-hydrogen) atoms. The Kier molecular flexibility index (Phi) is 7.21. The van der Waals surface area contributed by atoms with E-state index in [0.29, 0.717) is 29.7 Å². The number of ether oxygens (including phenoxy) is 1. The van der Waals surface area contributed by atoms with Gasteiger partial charge in [-0.15, -0.1) is 0 Å². The molecular formula is C31H52N2O4. The van der Waals surface area contributed by atoms with Crippen LogP contribution in [-0.4, -0.2) is 82.6 Å². The third kappa shape index (κ3) is 4.50. The van der Waals surface area contributed by atoms with Crippen molar-refractivity contribution in [2.24, 2.45) is 34.5 Å². The number of esters is 1. The lowest BCUT2D eigenvalue weighted by molar-refractivity contribution is -0.172. The fraction of sp³-hybridized carbons (Fsp3) is 0.968. The van der Waals surface area contributed by atoms with Gasteiger partial charge in [0.2, 0.25) is 0 Å². The summed E-state index contributed by atoms with van der Waals surface area (Å²) in [4.78, 5) is 17.5. The van der Waals surface area contributed by atoms with Gasteiger partial charge in [-0.25, -0.2) is 0 Å². The number of carbonyl (C=O) groups excluding carboxylic acids is 1. The standard InChI is InChI=1S/C31H52N2O4/c1-20(34)37-29-26(32-13-5-4-6-14-32)18-25-23-8-7-21-17-28(36)27(33-15-10-22(35)11-16-33)19-31(21,3)24(23)9-12-30(25,29)2/h21-29,35-36H,4-19H2,1-3H3/t21-,23+,24-,25-,26-,27-,28-,29-,30-,31-/m0/s1. The van der Waals surface area contributed by atoms with E-state index >= 15 is 0 Å². The Bertz CT molecular complexity index is 839. The minimum absolute atomic E-state index is 0.0280. The van der Waals surface area contributed by atoms with Gasteiger partial charge >= 0.3 is 5.97 Å². The van der Waals surface area contributed by atoms with Crippen LogP contribution < -0.4 is 0 Å². The van der Waals surface area contributed by atoms with Gasteiger partial charge in [0.1, 0.15) is 6.10 Å². The molecule has 0 spiro atoms. The molecular weight excluding hydrogens is 464 g/mol. The van der Waals surface area contributed by atoms with Crippen LogP contribution in [0.25, 0.3) is 0 Å². The monoisotopic (exact) mass is 516 g/mol. The molecule has 210 valence electrons. The van der Waals surface area contributed by atoms with Crippen molar-refractivity contribution in [1.29, 1.82) is 0 Å². The molecule has 2 heterocycles. The van der Waals surface area contributed by atoms with Crippen LogP contribution in [0.4, 0.5) is 0 Å². The van der Waals surface area contributed by atoms with Crippen LogP contribution in [0.3, 0.4) is 0 Å². The van der Waals surface area contributed by atoms with E-state index in [4.69, 9.17) is 4.74 Å². The number of aliphatic hydroxyl groups is 2. The summed E-state index contributed by atoms with van der Waals surface area (Å²) in [6, 6.07) is 0.614. The van der Waals surface area contributed by atoms with Crippen molar-refractivity contribution in [2.45, 2.75) is 128 Å². The van der Waals surface area contributed by atoms with E-state index < -0.39 is 0 Å². The lowest BCUT2D eigenvalue weighted by atomic mass is 9.44. The predicted octanol–water partition coefficient (Wildman–Crippen LogP) is 4.22. The van der Waals surface area contributed by atoms with Crippen molar-refractivity contribution in [3.8, 4) is 0 Å². The Morgan fingerprint density at radius 1 is 0.811 bits per heavy atom. The first-order valence-electron chi connectivity index (χ1n) is 15.7. The van der Waals surface area contributed by atoms with E-state index in [1.54, 1.807) is 6.92 Å². The van der Waals surface area contributed by atoms with Crippen molar-refractivity contribution in [2.75, 3.05) is 26.2 Å². The molecule has 4 saturated carbocycles. The number of likely N-dealkylation sites (tertiary alicyclic amines) is 2. The molecule has 6 heteroatoms. The molecule has 6 fully saturated rings. The SMILES string of the molecule is CC(=O)O[C@H]1[C@@H](N2CCCCC2)C[C@H]2[C@@H]3CC[C@H]4C[C@H](O)[C@@H](N5CCC(O)CC5)C[C@]4(C)[C@H]3CC[C@@]21C. The van der Waals surface area contributed by atoms with E-state index in [9.17, 15) is 15.0 Å². The smallest absolute Gasteiger partial charge is 0.302 e. The normalized spacial score (nSPS) is 49.6. The first-order chi connectivity index (χ1) is 17.7. The Balaban J connectivity index is 1.25. The third-order valence-electron chi connectivity index (χ3n) is 12.7.